The highest BCUT2D eigenvalue weighted by Gasteiger charge is 2.53. The van der Waals surface area contributed by atoms with Gasteiger partial charge in [-0.3, -0.25) is 5.43 Å². The first kappa shape index (κ1) is 9.41. The van der Waals surface area contributed by atoms with E-state index in [1.54, 1.807) is 0 Å². The molecule has 3 heteroatoms. The molecule has 2 saturated heterocycles. The van der Waals surface area contributed by atoms with Crippen LogP contribution in [0, 0.1) is 5.92 Å². The molecule has 2 nitrogen and oxygen atoms in total. The van der Waals surface area contributed by atoms with Crippen molar-refractivity contribution in [1.82, 2.24) is 10.4 Å². The lowest BCUT2D eigenvalue weighted by molar-refractivity contribution is -0.141. The zero-order valence-corrected chi connectivity index (χ0v) is 8.63. The second kappa shape index (κ2) is 3.21. The van der Waals surface area contributed by atoms with E-state index in [1.807, 2.05) is 0 Å². The van der Waals surface area contributed by atoms with E-state index in [4.69, 9.17) is 0 Å². The summed E-state index contributed by atoms with van der Waals surface area (Å²) >= 11 is 0. The van der Waals surface area contributed by atoms with Gasteiger partial charge in [-0.05, 0) is 26.7 Å². The monoisotopic (exact) mass is 188 g/mol. The first-order chi connectivity index (χ1) is 6.15. The third-order valence-electron chi connectivity index (χ3n) is 3.48. The summed E-state index contributed by atoms with van der Waals surface area (Å²) in [5.74, 6) is 0.282. The molecule has 3 rings (SSSR count). The molecule has 1 saturated carbocycles. The zero-order chi connectivity index (χ0) is 9.59. The van der Waals surface area contributed by atoms with Gasteiger partial charge in [0, 0.05) is 19.4 Å². The van der Waals surface area contributed by atoms with Gasteiger partial charge in [-0.2, -0.15) is 0 Å². The topological polar surface area (TPSA) is 15.3 Å². The maximum absolute atomic E-state index is 13.6. The standard InChI is InChI=1S/C10H19FN2.H2/c1-4-8-7-5-9(10(7)11)13(12-8)6(2)3;/h6-10,12H,4-5H2,1-3H3;1H. The molecule has 0 aromatic heterocycles. The van der Waals surface area contributed by atoms with Crippen LogP contribution in [0.25, 0.3) is 0 Å². The van der Waals surface area contributed by atoms with Crippen molar-refractivity contribution in [3.63, 3.8) is 0 Å². The van der Waals surface area contributed by atoms with Crippen molar-refractivity contribution in [2.45, 2.75) is 57.9 Å². The molecule has 3 fully saturated rings. The Balaban J connectivity index is 0.000000980. The minimum Gasteiger partial charge on any atom is -0.251 e. The fraction of sp³-hybridized carbons (Fsp3) is 1.00. The van der Waals surface area contributed by atoms with Crippen LogP contribution in [0.3, 0.4) is 0 Å². The van der Waals surface area contributed by atoms with Gasteiger partial charge in [0.2, 0.25) is 0 Å². The van der Waals surface area contributed by atoms with E-state index in [9.17, 15) is 4.39 Å². The molecule has 0 aromatic rings. The van der Waals surface area contributed by atoms with E-state index >= 15 is 0 Å². The molecular formula is C10H21FN2. The molecule has 0 aromatic carbocycles. The maximum atomic E-state index is 13.6. The number of fused-ring (bicyclic) bond motifs is 2. The van der Waals surface area contributed by atoms with Crippen LogP contribution in [0.2, 0.25) is 0 Å². The minimum atomic E-state index is -0.589. The van der Waals surface area contributed by atoms with Crippen LogP contribution in [-0.4, -0.2) is 29.3 Å². The van der Waals surface area contributed by atoms with E-state index in [-0.39, 0.29) is 13.4 Å². The average Bonchev–Trinajstić information content (AvgIpc) is 2.15. The van der Waals surface area contributed by atoms with Crippen molar-refractivity contribution < 1.29 is 5.82 Å². The van der Waals surface area contributed by atoms with Gasteiger partial charge in [0.15, 0.2) is 0 Å². The van der Waals surface area contributed by atoms with Crippen LogP contribution in [0.5, 0.6) is 0 Å². The number of hydrogen-bond donors (Lipinski definition) is 1. The Labute approximate surface area is 80.9 Å². The Morgan fingerprint density at radius 1 is 1.62 bits per heavy atom. The van der Waals surface area contributed by atoms with E-state index in [2.05, 4.69) is 31.2 Å². The van der Waals surface area contributed by atoms with Crippen molar-refractivity contribution in [3.05, 3.63) is 0 Å². The van der Waals surface area contributed by atoms with Crippen molar-refractivity contribution in [3.8, 4) is 0 Å². The molecule has 1 aliphatic carbocycles. The van der Waals surface area contributed by atoms with Crippen LogP contribution in [0.15, 0.2) is 0 Å². The second-order valence-corrected chi connectivity index (χ2v) is 4.56. The van der Waals surface area contributed by atoms with Gasteiger partial charge in [0.05, 0.1) is 6.04 Å². The van der Waals surface area contributed by atoms with Crippen LogP contribution >= 0.6 is 0 Å². The van der Waals surface area contributed by atoms with Gasteiger partial charge >= 0.3 is 0 Å². The number of alkyl halides is 1. The molecule has 2 bridgehead atoms. The number of hydrogen-bond acceptors (Lipinski definition) is 2. The first-order valence-corrected chi connectivity index (χ1v) is 5.33. The van der Waals surface area contributed by atoms with Gasteiger partial charge in [-0.1, -0.05) is 6.92 Å². The fourth-order valence-electron chi connectivity index (χ4n) is 2.59. The molecule has 78 valence electrons. The quantitative estimate of drug-likeness (QED) is 0.712. The van der Waals surface area contributed by atoms with Crippen LogP contribution in [0.4, 0.5) is 4.39 Å². The number of halogens is 1. The van der Waals surface area contributed by atoms with E-state index in [0.717, 1.165) is 12.8 Å². The highest BCUT2D eigenvalue weighted by molar-refractivity contribution is 5.05. The molecular weight excluding hydrogens is 167 g/mol. The van der Waals surface area contributed by atoms with Crippen LogP contribution in [0.1, 0.15) is 35.0 Å². The van der Waals surface area contributed by atoms with Gasteiger partial charge in [0.25, 0.3) is 0 Å². The lowest BCUT2D eigenvalue weighted by atomic mass is 9.70. The van der Waals surface area contributed by atoms with E-state index < -0.39 is 6.17 Å². The van der Waals surface area contributed by atoms with Crippen molar-refractivity contribution in [2.24, 2.45) is 5.92 Å². The number of nitrogens with zero attached hydrogens (tertiary/aromatic N) is 1. The molecule has 4 atom stereocenters. The minimum absolute atomic E-state index is 0. The summed E-state index contributed by atoms with van der Waals surface area (Å²) in [4.78, 5) is 0. The predicted molar refractivity (Wildman–Crippen MR) is 53.1 cm³/mol. The normalized spacial score (nSPS) is 45.0. The van der Waals surface area contributed by atoms with Gasteiger partial charge in [-0.15, -0.1) is 0 Å². The zero-order valence-electron chi connectivity index (χ0n) is 8.63. The molecule has 2 heterocycles. The summed E-state index contributed by atoms with van der Waals surface area (Å²) < 4.78 is 13.6. The summed E-state index contributed by atoms with van der Waals surface area (Å²) in [6, 6.07) is 0.911. The van der Waals surface area contributed by atoms with Gasteiger partial charge < -0.3 is 0 Å². The van der Waals surface area contributed by atoms with E-state index in [0.29, 0.717) is 12.1 Å². The highest BCUT2D eigenvalue weighted by atomic mass is 19.1. The maximum Gasteiger partial charge on any atom is 0.121 e. The largest absolute Gasteiger partial charge is 0.251 e. The molecule has 2 aliphatic heterocycles. The van der Waals surface area contributed by atoms with Crippen molar-refractivity contribution in [1.29, 1.82) is 0 Å². The average molecular weight is 188 g/mol. The summed E-state index contributed by atoms with van der Waals surface area (Å²) in [6.45, 7) is 6.36. The molecule has 13 heavy (non-hydrogen) atoms. The SMILES string of the molecule is CCC1NN(C(C)C)C2CC1C2F.[HH]. The third-order valence-corrected chi connectivity index (χ3v) is 3.48. The molecule has 1 N–H and O–H groups in total. The van der Waals surface area contributed by atoms with E-state index in [1.165, 1.54) is 0 Å². The molecule has 0 radical (unpaired) electrons. The lowest BCUT2D eigenvalue weighted by Gasteiger charge is -2.57. The van der Waals surface area contributed by atoms with Crippen LogP contribution < -0.4 is 5.43 Å². The third kappa shape index (κ3) is 1.29. The van der Waals surface area contributed by atoms with Gasteiger partial charge in [-0.25, -0.2) is 9.40 Å². The Bertz CT molecular complexity index is 201. The lowest BCUT2D eigenvalue weighted by Crippen LogP contribution is -2.73. The summed E-state index contributed by atoms with van der Waals surface area (Å²) in [5.41, 5.74) is 3.43. The van der Waals surface area contributed by atoms with Gasteiger partial charge in [0.1, 0.15) is 6.17 Å². The number of rotatable bonds is 2. The molecule has 0 amide bonds. The Morgan fingerprint density at radius 2 is 2.31 bits per heavy atom. The summed E-state index contributed by atoms with van der Waals surface area (Å²) in [5, 5.41) is 2.11. The first-order valence-electron chi connectivity index (χ1n) is 5.33. The molecule has 4 unspecified atom stereocenters. The summed E-state index contributed by atoms with van der Waals surface area (Å²) in [6.07, 6.45) is 1.49. The fourth-order valence-corrected chi connectivity index (χ4v) is 2.59. The summed E-state index contributed by atoms with van der Waals surface area (Å²) in [7, 11) is 0. The van der Waals surface area contributed by atoms with Crippen molar-refractivity contribution >= 4 is 0 Å². The van der Waals surface area contributed by atoms with Crippen molar-refractivity contribution in [2.75, 3.05) is 0 Å². The molecule has 3 aliphatic rings. The Hall–Kier alpha value is -0.150. The second-order valence-electron chi connectivity index (χ2n) is 4.56. The smallest absolute Gasteiger partial charge is 0.121 e. The number of hydrazine groups is 1. The number of nitrogens with one attached hydrogen (secondary N) is 1. The highest BCUT2D eigenvalue weighted by Crippen LogP contribution is 2.42. The van der Waals surface area contributed by atoms with Crippen LogP contribution in [-0.2, 0) is 0 Å². The Morgan fingerprint density at radius 3 is 2.77 bits per heavy atom. The molecule has 0 spiro atoms. The Kier molecular flexibility index (Phi) is 2.32. The predicted octanol–water partition coefficient (Wildman–Crippen LogP) is 1.97.